The van der Waals surface area contributed by atoms with Crippen LogP contribution in [0.2, 0.25) is 0 Å². The minimum absolute atomic E-state index is 0.0431. The second kappa shape index (κ2) is 7.20. The molecule has 0 bridgehead atoms. The Bertz CT molecular complexity index is 949. The number of aliphatic hydroxyl groups excluding tert-OH is 1. The summed E-state index contributed by atoms with van der Waals surface area (Å²) in [5.74, 6) is 0.712. The average Bonchev–Trinajstić information content (AvgIpc) is 2.76. The van der Waals surface area contributed by atoms with Crippen molar-refractivity contribution in [3.8, 4) is 0 Å². The summed E-state index contributed by atoms with van der Waals surface area (Å²) in [5.41, 5.74) is 0.249. The molecule has 0 aromatic rings. The van der Waals surface area contributed by atoms with Crippen LogP contribution in [0.3, 0.4) is 0 Å². The number of allylic oxidation sites excluding steroid dienone is 1. The van der Waals surface area contributed by atoms with Gasteiger partial charge in [0, 0.05) is 6.42 Å². The lowest BCUT2D eigenvalue weighted by Crippen LogP contribution is -2.66. The molecule has 34 heavy (non-hydrogen) atoms. The molecule has 0 heterocycles. The number of ketones is 1. The number of carbonyl (C=O) groups excluding carboxylic acids is 1. The van der Waals surface area contributed by atoms with Gasteiger partial charge in [-0.15, -0.1) is 0 Å². The molecule has 4 heteroatoms. The average molecular weight is 471 g/mol. The lowest BCUT2D eigenvalue weighted by atomic mass is 9.32. The minimum Gasteiger partial charge on any atom is -0.481 e. The Morgan fingerprint density at radius 2 is 1.56 bits per heavy atom. The molecule has 5 rings (SSSR count). The van der Waals surface area contributed by atoms with Crippen LogP contribution in [0.15, 0.2) is 11.6 Å². The van der Waals surface area contributed by atoms with E-state index < -0.39 is 16.8 Å². The lowest BCUT2D eigenvalue weighted by Gasteiger charge is -2.71. The Morgan fingerprint density at radius 1 is 0.882 bits per heavy atom. The van der Waals surface area contributed by atoms with Crippen molar-refractivity contribution < 1.29 is 19.8 Å². The first-order chi connectivity index (χ1) is 15.7. The predicted molar refractivity (Wildman–Crippen MR) is 133 cm³/mol. The molecule has 0 aliphatic heterocycles. The fourth-order valence-electron chi connectivity index (χ4n) is 10.5. The molecule has 4 saturated carbocycles. The molecule has 0 radical (unpaired) electrons. The topological polar surface area (TPSA) is 74.6 Å². The van der Waals surface area contributed by atoms with Crippen molar-refractivity contribution in [3.05, 3.63) is 11.6 Å². The second-order valence-corrected chi connectivity index (χ2v) is 14.6. The van der Waals surface area contributed by atoms with Crippen molar-refractivity contribution in [2.45, 2.75) is 106 Å². The SMILES string of the molecule is CC1(C)C=C2C3CC[C@@H]4[C@@]5(C)CCC(=O)[C@](C)(CO)C5CC[C@@]4(C)[C@]3(C)CC[C@@]2(C(=O)O)CC1. The highest BCUT2D eigenvalue weighted by Crippen LogP contribution is 2.76. The number of fused-ring (bicyclic) bond motifs is 7. The van der Waals surface area contributed by atoms with Crippen LogP contribution in [-0.2, 0) is 9.59 Å². The van der Waals surface area contributed by atoms with E-state index in [0.717, 1.165) is 57.8 Å². The fraction of sp³-hybridized carbons (Fsp3) is 0.867. The zero-order valence-corrected chi connectivity index (χ0v) is 22.3. The van der Waals surface area contributed by atoms with Gasteiger partial charge in [0.2, 0.25) is 0 Å². The maximum atomic E-state index is 13.0. The Hall–Kier alpha value is -1.16. The Kier molecular flexibility index (Phi) is 5.20. The number of hydrogen-bond donors (Lipinski definition) is 2. The molecular weight excluding hydrogens is 424 g/mol. The summed E-state index contributed by atoms with van der Waals surface area (Å²) in [6.07, 6.45) is 11.6. The van der Waals surface area contributed by atoms with Gasteiger partial charge < -0.3 is 10.2 Å². The number of carboxylic acid groups (broad SMARTS) is 1. The molecule has 0 aromatic carbocycles. The summed E-state index contributed by atoms with van der Waals surface area (Å²) in [6, 6.07) is 0. The summed E-state index contributed by atoms with van der Waals surface area (Å²) in [5, 5.41) is 20.8. The van der Waals surface area contributed by atoms with E-state index in [2.05, 4.69) is 40.7 Å². The highest BCUT2D eigenvalue weighted by molar-refractivity contribution is 5.86. The summed E-state index contributed by atoms with van der Waals surface area (Å²) in [4.78, 5) is 25.7. The van der Waals surface area contributed by atoms with E-state index in [4.69, 9.17) is 0 Å². The van der Waals surface area contributed by atoms with Crippen LogP contribution >= 0.6 is 0 Å². The van der Waals surface area contributed by atoms with E-state index >= 15 is 0 Å². The first-order valence-corrected chi connectivity index (χ1v) is 13.8. The number of Topliss-reactive ketones (excluding diaryl/α,β-unsaturated/α-hetero) is 1. The molecule has 0 amide bonds. The third-order valence-electron chi connectivity index (χ3n) is 12.9. The van der Waals surface area contributed by atoms with Crippen molar-refractivity contribution in [2.75, 3.05) is 6.61 Å². The monoisotopic (exact) mass is 470 g/mol. The van der Waals surface area contributed by atoms with Crippen molar-refractivity contribution in [1.82, 2.24) is 0 Å². The Morgan fingerprint density at radius 3 is 2.21 bits per heavy atom. The summed E-state index contributed by atoms with van der Waals surface area (Å²) in [6.45, 7) is 13.9. The van der Waals surface area contributed by atoms with Gasteiger partial charge in [0.1, 0.15) is 5.78 Å². The van der Waals surface area contributed by atoms with Crippen molar-refractivity contribution in [3.63, 3.8) is 0 Å². The number of rotatable bonds is 2. The summed E-state index contributed by atoms with van der Waals surface area (Å²) in [7, 11) is 0. The van der Waals surface area contributed by atoms with E-state index in [-0.39, 0.29) is 40.0 Å². The minimum atomic E-state index is -0.670. The molecule has 190 valence electrons. The van der Waals surface area contributed by atoms with Crippen molar-refractivity contribution >= 4 is 11.8 Å². The molecule has 4 fully saturated rings. The molecule has 5 aliphatic rings. The van der Waals surface area contributed by atoms with Crippen LogP contribution in [-0.4, -0.2) is 28.6 Å². The smallest absolute Gasteiger partial charge is 0.313 e. The quantitative estimate of drug-likeness (QED) is 0.457. The second-order valence-electron chi connectivity index (χ2n) is 14.6. The van der Waals surface area contributed by atoms with E-state index in [1.165, 1.54) is 5.57 Å². The summed E-state index contributed by atoms with van der Waals surface area (Å²) >= 11 is 0. The highest BCUT2D eigenvalue weighted by atomic mass is 16.4. The predicted octanol–water partition coefficient (Wildman–Crippen LogP) is 6.41. The van der Waals surface area contributed by atoms with Crippen LogP contribution in [0.25, 0.3) is 0 Å². The lowest BCUT2D eigenvalue weighted by molar-refractivity contribution is -0.217. The molecular formula is C30H46O4. The Labute approximate surface area is 206 Å². The standard InChI is InChI=1S/C30H46O4/c1-25(2)13-15-30(24(33)34)16-14-28(5)19(20(30)17-25)7-8-22-26(3)11-10-23(32)27(4,18-31)21(26)9-12-29(22,28)6/h17,19,21-22,31H,7-16,18H2,1-6H3,(H,33,34)/t19?,21?,22-,26+,27-,28-,29-,30+/m1/s1. The number of carbonyl (C=O) groups is 2. The van der Waals surface area contributed by atoms with E-state index in [0.29, 0.717) is 18.3 Å². The highest BCUT2D eigenvalue weighted by Gasteiger charge is 2.70. The van der Waals surface area contributed by atoms with E-state index in [1.54, 1.807) is 0 Å². The van der Waals surface area contributed by atoms with Gasteiger partial charge in [0.25, 0.3) is 0 Å². The van der Waals surface area contributed by atoms with Crippen LogP contribution < -0.4 is 0 Å². The number of aliphatic carboxylic acids is 1. The van der Waals surface area contributed by atoms with Crippen LogP contribution in [0.1, 0.15) is 106 Å². The number of carboxylic acids is 1. The molecule has 0 spiro atoms. The molecule has 5 aliphatic carbocycles. The molecule has 2 N–H and O–H groups in total. The molecule has 0 saturated heterocycles. The van der Waals surface area contributed by atoms with Gasteiger partial charge in [0.05, 0.1) is 17.4 Å². The first-order valence-electron chi connectivity index (χ1n) is 13.8. The van der Waals surface area contributed by atoms with Gasteiger partial charge >= 0.3 is 5.97 Å². The van der Waals surface area contributed by atoms with Crippen LogP contribution in [0.5, 0.6) is 0 Å². The van der Waals surface area contributed by atoms with E-state index in [1.807, 2.05) is 6.92 Å². The normalized spacial score (nSPS) is 51.9. The fourth-order valence-corrected chi connectivity index (χ4v) is 10.5. The van der Waals surface area contributed by atoms with Gasteiger partial charge in [-0.2, -0.15) is 0 Å². The van der Waals surface area contributed by atoms with Crippen LogP contribution in [0.4, 0.5) is 0 Å². The van der Waals surface area contributed by atoms with E-state index in [9.17, 15) is 19.8 Å². The molecule has 2 unspecified atom stereocenters. The number of aliphatic hydroxyl groups is 1. The van der Waals surface area contributed by atoms with Crippen molar-refractivity contribution in [1.29, 1.82) is 0 Å². The van der Waals surface area contributed by atoms with Crippen LogP contribution in [0, 0.1) is 50.2 Å². The third-order valence-corrected chi connectivity index (χ3v) is 12.9. The maximum Gasteiger partial charge on any atom is 0.313 e. The van der Waals surface area contributed by atoms with Gasteiger partial charge in [-0.25, -0.2) is 0 Å². The molecule has 4 nitrogen and oxygen atoms in total. The number of hydrogen-bond acceptors (Lipinski definition) is 3. The zero-order chi connectivity index (χ0) is 24.9. The Balaban J connectivity index is 1.59. The van der Waals surface area contributed by atoms with Gasteiger partial charge in [0.15, 0.2) is 0 Å². The largest absolute Gasteiger partial charge is 0.481 e. The maximum absolute atomic E-state index is 13.0. The third kappa shape index (κ3) is 2.81. The summed E-state index contributed by atoms with van der Waals surface area (Å²) < 4.78 is 0. The molecule has 8 atom stereocenters. The van der Waals surface area contributed by atoms with Gasteiger partial charge in [-0.05, 0) is 97.2 Å². The zero-order valence-electron chi connectivity index (χ0n) is 22.3. The molecule has 0 aromatic heterocycles. The van der Waals surface area contributed by atoms with Gasteiger partial charge in [-0.1, -0.05) is 53.2 Å². The van der Waals surface area contributed by atoms with Gasteiger partial charge in [-0.3, -0.25) is 9.59 Å². The van der Waals surface area contributed by atoms with Crippen molar-refractivity contribution in [2.24, 2.45) is 50.2 Å². The first kappa shape index (κ1) is 24.5.